The summed E-state index contributed by atoms with van der Waals surface area (Å²) < 4.78 is 5.72. The summed E-state index contributed by atoms with van der Waals surface area (Å²) >= 11 is 0. The van der Waals surface area contributed by atoms with E-state index in [0.717, 1.165) is 31.1 Å². The topological polar surface area (TPSA) is 44.7 Å². The van der Waals surface area contributed by atoms with Crippen molar-refractivity contribution in [2.45, 2.75) is 19.9 Å². The van der Waals surface area contributed by atoms with E-state index >= 15 is 0 Å². The van der Waals surface area contributed by atoms with Crippen LogP contribution in [0.15, 0.2) is 24.3 Å². The molecular formula is C15H24N2O2. The zero-order valence-corrected chi connectivity index (χ0v) is 11.8. The number of ether oxygens (including phenoxy) is 1. The quantitative estimate of drug-likeness (QED) is 0.865. The number of aliphatic hydroxyl groups is 1. The molecule has 4 nitrogen and oxygen atoms in total. The first-order valence-corrected chi connectivity index (χ1v) is 7.06. The van der Waals surface area contributed by atoms with E-state index in [1.807, 2.05) is 25.1 Å². The van der Waals surface area contributed by atoms with Crippen LogP contribution < -0.4 is 15.0 Å². The molecule has 2 rings (SSSR count). The van der Waals surface area contributed by atoms with Gasteiger partial charge in [-0.3, -0.25) is 0 Å². The van der Waals surface area contributed by atoms with Crippen LogP contribution in [0, 0.1) is 5.92 Å². The van der Waals surface area contributed by atoms with E-state index in [9.17, 15) is 5.11 Å². The zero-order chi connectivity index (χ0) is 13.7. The highest BCUT2D eigenvalue weighted by Crippen LogP contribution is 2.30. The fraction of sp³-hybridized carbons (Fsp3) is 0.600. The van der Waals surface area contributed by atoms with E-state index in [-0.39, 0.29) is 12.6 Å². The molecule has 0 bridgehead atoms. The minimum Gasteiger partial charge on any atom is -0.492 e. The van der Waals surface area contributed by atoms with Gasteiger partial charge in [-0.1, -0.05) is 19.1 Å². The molecule has 1 aliphatic heterocycles. The van der Waals surface area contributed by atoms with Crippen LogP contribution in [0.2, 0.25) is 0 Å². The third kappa shape index (κ3) is 3.39. The number of para-hydroxylation sites is 2. The van der Waals surface area contributed by atoms with Crippen LogP contribution >= 0.6 is 0 Å². The number of anilines is 1. The largest absolute Gasteiger partial charge is 0.492 e. The summed E-state index contributed by atoms with van der Waals surface area (Å²) in [7, 11) is 0. The second-order valence-corrected chi connectivity index (χ2v) is 5.15. The standard InChI is InChI=1S/C15H24N2O2/c1-3-19-15-7-5-4-6-14(15)17-10-12(2)8-16-9-13(17)11-18/h4-7,12-13,16,18H,3,8-11H2,1-2H3. The summed E-state index contributed by atoms with van der Waals surface area (Å²) in [6.07, 6.45) is 0. The predicted octanol–water partition coefficient (Wildman–Crippen LogP) is 1.49. The molecule has 0 aliphatic carbocycles. The molecule has 1 heterocycles. The minimum absolute atomic E-state index is 0.103. The Bertz CT molecular complexity index is 397. The van der Waals surface area contributed by atoms with Gasteiger partial charge >= 0.3 is 0 Å². The lowest BCUT2D eigenvalue weighted by Gasteiger charge is -2.32. The highest BCUT2D eigenvalue weighted by atomic mass is 16.5. The zero-order valence-electron chi connectivity index (χ0n) is 11.8. The highest BCUT2D eigenvalue weighted by molar-refractivity contribution is 5.59. The fourth-order valence-corrected chi connectivity index (χ4v) is 2.59. The normalized spacial score (nSPS) is 24.1. The molecule has 1 aliphatic rings. The first kappa shape index (κ1) is 14.2. The maximum atomic E-state index is 9.63. The molecule has 1 saturated heterocycles. The molecule has 2 unspecified atom stereocenters. The summed E-state index contributed by atoms with van der Waals surface area (Å²) in [6.45, 7) is 7.76. The number of benzene rings is 1. The van der Waals surface area contributed by atoms with Gasteiger partial charge in [0.1, 0.15) is 5.75 Å². The Morgan fingerprint density at radius 2 is 2.16 bits per heavy atom. The van der Waals surface area contributed by atoms with Gasteiger partial charge in [0.15, 0.2) is 0 Å². The summed E-state index contributed by atoms with van der Waals surface area (Å²) in [5, 5.41) is 13.0. The van der Waals surface area contributed by atoms with Gasteiger partial charge in [0.25, 0.3) is 0 Å². The van der Waals surface area contributed by atoms with Gasteiger partial charge in [0.2, 0.25) is 0 Å². The maximum Gasteiger partial charge on any atom is 0.142 e. The number of rotatable bonds is 4. The van der Waals surface area contributed by atoms with Crippen LogP contribution in [0.4, 0.5) is 5.69 Å². The Balaban J connectivity index is 2.29. The van der Waals surface area contributed by atoms with Crippen molar-refractivity contribution < 1.29 is 9.84 Å². The number of hydrogen-bond acceptors (Lipinski definition) is 4. The summed E-state index contributed by atoms with van der Waals surface area (Å²) in [6, 6.07) is 8.19. The van der Waals surface area contributed by atoms with Crippen LogP contribution in [-0.4, -0.2) is 44.0 Å². The first-order chi connectivity index (χ1) is 9.26. The van der Waals surface area contributed by atoms with Crippen molar-refractivity contribution in [1.82, 2.24) is 5.32 Å². The summed E-state index contributed by atoms with van der Waals surface area (Å²) in [5.41, 5.74) is 1.08. The Hall–Kier alpha value is -1.26. The summed E-state index contributed by atoms with van der Waals surface area (Å²) in [5.74, 6) is 1.45. The van der Waals surface area contributed by atoms with Crippen LogP contribution in [0.3, 0.4) is 0 Å². The monoisotopic (exact) mass is 264 g/mol. The molecule has 0 amide bonds. The van der Waals surface area contributed by atoms with Gasteiger partial charge in [0, 0.05) is 13.1 Å². The molecule has 2 N–H and O–H groups in total. The molecule has 1 aromatic rings. The average molecular weight is 264 g/mol. The number of hydrogen-bond donors (Lipinski definition) is 2. The average Bonchev–Trinajstić information content (AvgIpc) is 2.61. The van der Waals surface area contributed by atoms with Crippen molar-refractivity contribution in [3.05, 3.63) is 24.3 Å². The molecule has 106 valence electrons. The smallest absolute Gasteiger partial charge is 0.142 e. The van der Waals surface area contributed by atoms with E-state index in [1.165, 1.54) is 0 Å². The molecular weight excluding hydrogens is 240 g/mol. The second kappa shape index (κ2) is 6.78. The van der Waals surface area contributed by atoms with E-state index in [4.69, 9.17) is 4.74 Å². The van der Waals surface area contributed by atoms with Gasteiger partial charge in [-0.25, -0.2) is 0 Å². The van der Waals surface area contributed by atoms with Crippen molar-refractivity contribution in [2.75, 3.05) is 37.7 Å². The Labute approximate surface area is 115 Å². The molecule has 1 fully saturated rings. The van der Waals surface area contributed by atoms with Gasteiger partial charge in [-0.05, 0) is 31.5 Å². The maximum absolute atomic E-state index is 9.63. The van der Waals surface area contributed by atoms with Crippen molar-refractivity contribution in [2.24, 2.45) is 5.92 Å². The molecule has 0 aromatic heterocycles. The van der Waals surface area contributed by atoms with Crippen LogP contribution in [0.1, 0.15) is 13.8 Å². The molecule has 2 atom stereocenters. The number of nitrogens with one attached hydrogen (secondary N) is 1. The molecule has 0 radical (unpaired) electrons. The number of nitrogens with zero attached hydrogens (tertiary/aromatic N) is 1. The minimum atomic E-state index is 0.103. The van der Waals surface area contributed by atoms with Gasteiger partial charge < -0.3 is 20.1 Å². The van der Waals surface area contributed by atoms with Crippen molar-refractivity contribution in [3.63, 3.8) is 0 Å². The van der Waals surface area contributed by atoms with Gasteiger partial charge in [-0.2, -0.15) is 0 Å². The number of aliphatic hydroxyl groups excluding tert-OH is 1. The van der Waals surface area contributed by atoms with E-state index < -0.39 is 0 Å². The van der Waals surface area contributed by atoms with Crippen molar-refractivity contribution >= 4 is 5.69 Å². The lowest BCUT2D eigenvalue weighted by molar-refractivity contribution is 0.258. The lowest BCUT2D eigenvalue weighted by Crippen LogP contribution is -2.43. The van der Waals surface area contributed by atoms with Crippen molar-refractivity contribution in [3.8, 4) is 5.75 Å². The predicted molar refractivity (Wildman–Crippen MR) is 77.9 cm³/mol. The fourth-order valence-electron chi connectivity index (χ4n) is 2.59. The van der Waals surface area contributed by atoms with Gasteiger partial charge in [-0.15, -0.1) is 0 Å². The molecule has 0 spiro atoms. The van der Waals surface area contributed by atoms with E-state index in [1.54, 1.807) is 0 Å². The van der Waals surface area contributed by atoms with Crippen LogP contribution in [-0.2, 0) is 0 Å². The Morgan fingerprint density at radius 1 is 1.37 bits per heavy atom. The Morgan fingerprint density at radius 3 is 2.89 bits per heavy atom. The van der Waals surface area contributed by atoms with Crippen molar-refractivity contribution in [1.29, 1.82) is 0 Å². The third-order valence-corrected chi connectivity index (χ3v) is 3.51. The molecule has 1 aromatic carbocycles. The van der Waals surface area contributed by atoms with Crippen LogP contribution in [0.5, 0.6) is 5.75 Å². The Kier molecular flexibility index (Phi) is 5.05. The van der Waals surface area contributed by atoms with Gasteiger partial charge in [0.05, 0.1) is 24.9 Å². The first-order valence-electron chi connectivity index (χ1n) is 7.06. The second-order valence-electron chi connectivity index (χ2n) is 5.15. The van der Waals surface area contributed by atoms with Crippen LogP contribution in [0.25, 0.3) is 0 Å². The molecule has 19 heavy (non-hydrogen) atoms. The van der Waals surface area contributed by atoms with E-state index in [2.05, 4.69) is 23.2 Å². The molecule has 4 heteroatoms. The highest BCUT2D eigenvalue weighted by Gasteiger charge is 2.25. The SMILES string of the molecule is CCOc1ccccc1N1CC(C)CNCC1CO. The molecule has 0 saturated carbocycles. The lowest BCUT2D eigenvalue weighted by atomic mass is 10.1. The third-order valence-electron chi connectivity index (χ3n) is 3.51. The van der Waals surface area contributed by atoms with E-state index in [0.29, 0.717) is 12.5 Å². The summed E-state index contributed by atoms with van der Waals surface area (Å²) in [4.78, 5) is 2.27.